The fourth-order valence-corrected chi connectivity index (χ4v) is 6.53. The molecule has 0 spiro atoms. The number of amides is 2. The normalized spacial score (nSPS) is 20.1. The maximum absolute atomic E-state index is 14.3. The molecule has 0 bridgehead atoms. The van der Waals surface area contributed by atoms with Gasteiger partial charge in [-0.3, -0.25) is 9.59 Å². The van der Waals surface area contributed by atoms with Gasteiger partial charge in [-0.2, -0.15) is 0 Å². The van der Waals surface area contributed by atoms with Crippen LogP contribution in [0.5, 0.6) is 0 Å². The fraction of sp³-hybridized carbons (Fsp3) is 0.400. The van der Waals surface area contributed by atoms with Gasteiger partial charge in [0.05, 0.1) is 12.0 Å². The number of nitrogens with zero attached hydrogens (tertiary/aromatic N) is 3. The number of fused-ring (bicyclic) bond motifs is 1. The molecule has 6 heteroatoms. The zero-order chi connectivity index (χ0) is 25.4. The Bertz CT molecular complexity index is 1240. The summed E-state index contributed by atoms with van der Waals surface area (Å²) in [5.74, 6) is 0.0614. The molecular weight excluding hydrogens is 466 g/mol. The predicted octanol–water partition coefficient (Wildman–Crippen LogP) is 5.65. The van der Waals surface area contributed by atoms with E-state index >= 15 is 0 Å². The lowest BCUT2D eigenvalue weighted by Crippen LogP contribution is -2.53. The van der Waals surface area contributed by atoms with Gasteiger partial charge in [-0.1, -0.05) is 50.2 Å². The summed E-state index contributed by atoms with van der Waals surface area (Å²) in [5.41, 5.74) is 5.31. The van der Waals surface area contributed by atoms with Gasteiger partial charge in [0.2, 0.25) is 5.91 Å². The molecule has 2 atom stereocenters. The van der Waals surface area contributed by atoms with E-state index < -0.39 is 5.92 Å². The molecule has 3 heterocycles. The van der Waals surface area contributed by atoms with Gasteiger partial charge in [0.25, 0.3) is 5.91 Å². The average molecular weight is 502 g/mol. The van der Waals surface area contributed by atoms with Gasteiger partial charge >= 0.3 is 0 Å². The summed E-state index contributed by atoms with van der Waals surface area (Å²) in [6.45, 7) is 12.1. The fourth-order valence-electron chi connectivity index (χ4n) is 5.65. The summed E-state index contributed by atoms with van der Waals surface area (Å²) < 4.78 is 0. The highest BCUT2D eigenvalue weighted by atomic mass is 32.1. The molecule has 5 rings (SSSR count). The highest BCUT2D eigenvalue weighted by Crippen LogP contribution is 2.45. The smallest absolute Gasteiger partial charge is 0.254 e. The Morgan fingerprint density at radius 2 is 1.75 bits per heavy atom. The molecule has 5 nitrogen and oxygen atoms in total. The minimum absolute atomic E-state index is 0.0292. The summed E-state index contributed by atoms with van der Waals surface area (Å²) in [6, 6.07) is 18.1. The van der Waals surface area contributed by atoms with Crippen LogP contribution in [0.1, 0.15) is 57.7 Å². The number of carbonyl (C=O) groups excluding carboxylic acids is 2. The van der Waals surface area contributed by atoms with E-state index in [0.717, 1.165) is 23.5 Å². The summed E-state index contributed by atoms with van der Waals surface area (Å²) >= 11 is 1.63. The first kappa shape index (κ1) is 24.6. The molecule has 3 aromatic rings. The topological polar surface area (TPSA) is 43.9 Å². The minimum atomic E-state index is -0.399. The lowest BCUT2D eigenvalue weighted by Gasteiger charge is -2.45. The van der Waals surface area contributed by atoms with Gasteiger partial charge in [0.1, 0.15) is 0 Å². The molecule has 2 aliphatic rings. The number of hydrogen-bond donors (Lipinski definition) is 0. The molecule has 2 aromatic carbocycles. The van der Waals surface area contributed by atoms with Crippen LogP contribution in [0.15, 0.2) is 60.0 Å². The van der Waals surface area contributed by atoms with Gasteiger partial charge in [-0.25, -0.2) is 0 Å². The number of carbonyl (C=O) groups is 2. The van der Waals surface area contributed by atoms with Crippen molar-refractivity contribution in [3.63, 3.8) is 0 Å². The Kier molecular flexibility index (Phi) is 6.89. The first-order valence-corrected chi connectivity index (χ1v) is 13.8. The highest BCUT2D eigenvalue weighted by Gasteiger charge is 2.46. The third-order valence-electron chi connectivity index (χ3n) is 7.40. The summed E-state index contributed by atoms with van der Waals surface area (Å²) in [6.07, 6.45) is 0. The third-order valence-corrected chi connectivity index (χ3v) is 8.34. The number of rotatable bonds is 5. The molecule has 1 fully saturated rings. The van der Waals surface area contributed by atoms with Crippen molar-refractivity contribution in [1.82, 2.24) is 9.80 Å². The van der Waals surface area contributed by atoms with Crippen LogP contribution in [0, 0.1) is 19.8 Å². The number of benzene rings is 2. The van der Waals surface area contributed by atoms with Gasteiger partial charge < -0.3 is 14.7 Å². The number of anilines is 1. The average Bonchev–Trinajstić information content (AvgIpc) is 3.41. The Labute approximate surface area is 218 Å². The third kappa shape index (κ3) is 4.55. The number of thiophene rings is 1. The summed E-state index contributed by atoms with van der Waals surface area (Å²) in [4.78, 5) is 35.4. The van der Waals surface area contributed by atoms with E-state index in [4.69, 9.17) is 0 Å². The first-order valence-electron chi connectivity index (χ1n) is 12.9. The number of aryl methyl sites for hydroxylation is 2. The molecule has 36 heavy (non-hydrogen) atoms. The Balaban J connectivity index is 1.47. The molecule has 1 aromatic heterocycles. The van der Waals surface area contributed by atoms with Crippen LogP contribution < -0.4 is 4.90 Å². The van der Waals surface area contributed by atoms with Crippen molar-refractivity contribution < 1.29 is 9.59 Å². The zero-order valence-electron chi connectivity index (χ0n) is 21.6. The second-order valence-electron chi connectivity index (χ2n) is 10.5. The molecule has 0 N–H and O–H groups in total. The molecule has 0 saturated carbocycles. The summed E-state index contributed by atoms with van der Waals surface area (Å²) in [7, 11) is 0. The second kappa shape index (κ2) is 10.1. The number of hydrogen-bond acceptors (Lipinski definition) is 4. The van der Waals surface area contributed by atoms with E-state index in [2.05, 4.69) is 56.9 Å². The van der Waals surface area contributed by atoms with E-state index in [1.807, 2.05) is 45.5 Å². The highest BCUT2D eigenvalue weighted by molar-refractivity contribution is 7.10. The molecule has 0 radical (unpaired) electrons. The standard InChI is InChI=1S/C30H35N3O2S/c1-20(2)19-33-28(26-10-7-17-36-26)27(23-8-5-6-9-24(23)29(33)34)30(35)32-15-13-31(14-16-32)25-18-21(3)11-12-22(25)4/h5-12,17-18,20,27-28H,13-16,19H2,1-4H3/t27-,28-/m0/s1. The van der Waals surface area contributed by atoms with Gasteiger partial charge in [0, 0.05) is 48.9 Å². The Morgan fingerprint density at radius 1 is 1.00 bits per heavy atom. The van der Waals surface area contributed by atoms with E-state index in [0.29, 0.717) is 31.1 Å². The van der Waals surface area contributed by atoms with Crippen molar-refractivity contribution in [2.45, 2.75) is 39.7 Å². The van der Waals surface area contributed by atoms with Crippen LogP contribution in [0.25, 0.3) is 0 Å². The lowest BCUT2D eigenvalue weighted by atomic mass is 9.80. The molecule has 2 amide bonds. The van der Waals surface area contributed by atoms with Crippen LogP contribution in [-0.4, -0.2) is 54.3 Å². The molecular formula is C30H35N3O2S. The van der Waals surface area contributed by atoms with Crippen molar-refractivity contribution in [3.05, 3.63) is 87.1 Å². The molecule has 0 unspecified atom stereocenters. The predicted molar refractivity (Wildman–Crippen MR) is 147 cm³/mol. The molecule has 0 aliphatic carbocycles. The SMILES string of the molecule is Cc1ccc(C)c(N2CCN(C(=O)[C@H]3c4ccccc4C(=O)N(CC(C)C)[C@H]3c3cccs3)CC2)c1. The minimum Gasteiger partial charge on any atom is -0.368 e. The molecule has 188 valence electrons. The van der Waals surface area contributed by atoms with Crippen molar-refractivity contribution >= 4 is 28.8 Å². The quantitative estimate of drug-likeness (QED) is 0.454. The van der Waals surface area contributed by atoms with Crippen molar-refractivity contribution in [3.8, 4) is 0 Å². The second-order valence-corrected chi connectivity index (χ2v) is 11.5. The number of piperazine rings is 1. The van der Waals surface area contributed by atoms with E-state index in [9.17, 15) is 9.59 Å². The van der Waals surface area contributed by atoms with Crippen LogP contribution in [0.4, 0.5) is 5.69 Å². The first-order chi connectivity index (χ1) is 17.3. The van der Waals surface area contributed by atoms with Crippen LogP contribution in [0.2, 0.25) is 0 Å². The van der Waals surface area contributed by atoms with E-state index in [1.165, 1.54) is 16.8 Å². The Hall–Kier alpha value is -3.12. The lowest BCUT2D eigenvalue weighted by molar-refractivity contribution is -0.135. The van der Waals surface area contributed by atoms with E-state index in [1.54, 1.807) is 11.3 Å². The van der Waals surface area contributed by atoms with Gasteiger partial charge in [-0.15, -0.1) is 11.3 Å². The van der Waals surface area contributed by atoms with Gasteiger partial charge in [0.15, 0.2) is 0 Å². The zero-order valence-corrected chi connectivity index (χ0v) is 22.4. The van der Waals surface area contributed by atoms with Crippen LogP contribution in [0.3, 0.4) is 0 Å². The largest absolute Gasteiger partial charge is 0.368 e. The Morgan fingerprint density at radius 3 is 2.44 bits per heavy atom. The van der Waals surface area contributed by atoms with E-state index in [-0.39, 0.29) is 17.9 Å². The van der Waals surface area contributed by atoms with Crippen LogP contribution >= 0.6 is 11.3 Å². The van der Waals surface area contributed by atoms with Gasteiger partial charge in [-0.05, 0) is 60.0 Å². The maximum atomic E-state index is 14.3. The molecule has 1 saturated heterocycles. The van der Waals surface area contributed by atoms with Crippen LogP contribution in [-0.2, 0) is 4.79 Å². The van der Waals surface area contributed by atoms with Crippen molar-refractivity contribution in [1.29, 1.82) is 0 Å². The summed E-state index contributed by atoms with van der Waals surface area (Å²) in [5, 5.41) is 2.04. The maximum Gasteiger partial charge on any atom is 0.254 e. The molecule has 2 aliphatic heterocycles. The van der Waals surface area contributed by atoms with Crippen molar-refractivity contribution in [2.24, 2.45) is 5.92 Å². The monoisotopic (exact) mass is 501 g/mol. The van der Waals surface area contributed by atoms with Crippen molar-refractivity contribution in [2.75, 3.05) is 37.6 Å².